The van der Waals surface area contributed by atoms with Gasteiger partial charge >= 0.3 is 0 Å². The Balaban J connectivity index is 1.60. The lowest BCUT2D eigenvalue weighted by atomic mass is 10.00. The predicted molar refractivity (Wildman–Crippen MR) is 167 cm³/mol. The van der Waals surface area contributed by atoms with Crippen molar-refractivity contribution in [1.82, 2.24) is 30.7 Å². The van der Waals surface area contributed by atoms with Gasteiger partial charge in [0.1, 0.15) is 18.1 Å². The number of likely N-dealkylation sites (tertiary alicyclic amines) is 1. The molecule has 0 spiro atoms. The molecule has 0 unspecified atom stereocenters. The minimum atomic E-state index is -0.904. The summed E-state index contributed by atoms with van der Waals surface area (Å²) >= 11 is 0. The molecule has 12 nitrogen and oxygen atoms in total. The van der Waals surface area contributed by atoms with Crippen LogP contribution in [0.3, 0.4) is 0 Å². The van der Waals surface area contributed by atoms with E-state index in [0.717, 1.165) is 18.4 Å². The summed E-state index contributed by atoms with van der Waals surface area (Å²) in [6.07, 6.45) is 4.41. The zero-order valence-electron chi connectivity index (χ0n) is 26.8. The van der Waals surface area contributed by atoms with E-state index in [9.17, 15) is 28.8 Å². The maximum Gasteiger partial charge on any atom is 0.245 e. The van der Waals surface area contributed by atoms with Gasteiger partial charge in [0.15, 0.2) is 0 Å². The van der Waals surface area contributed by atoms with E-state index in [1.165, 1.54) is 9.80 Å². The van der Waals surface area contributed by atoms with Crippen LogP contribution in [-0.2, 0) is 35.2 Å². The Bertz CT molecular complexity index is 1240. The fourth-order valence-corrected chi connectivity index (χ4v) is 6.41. The highest BCUT2D eigenvalue weighted by Gasteiger charge is 2.39. The molecule has 0 bridgehead atoms. The van der Waals surface area contributed by atoms with Gasteiger partial charge in [-0.25, -0.2) is 0 Å². The first-order valence-corrected chi connectivity index (χ1v) is 16.3. The van der Waals surface area contributed by atoms with Crippen molar-refractivity contribution in [3.05, 3.63) is 35.9 Å². The molecule has 3 heterocycles. The lowest BCUT2D eigenvalue weighted by molar-refractivity contribution is -0.142. The molecule has 1 aromatic carbocycles. The second-order valence-electron chi connectivity index (χ2n) is 12.8. The monoisotopic (exact) mass is 624 g/mol. The third kappa shape index (κ3) is 9.27. The lowest BCUT2D eigenvalue weighted by Crippen LogP contribution is -2.58. The Labute approximate surface area is 265 Å². The van der Waals surface area contributed by atoms with E-state index in [-0.39, 0.29) is 49.1 Å². The van der Waals surface area contributed by atoms with E-state index >= 15 is 0 Å². The van der Waals surface area contributed by atoms with Crippen molar-refractivity contribution in [2.75, 3.05) is 32.7 Å². The number of piperidine rings is 1. The third-order valence-corrected chi connectivity index (χ3v) is 8.87. The van der Waals surface area contributed by atoms with Crippen LogP contribution in [0.5, 0.6) is 0 Å². The summed E-state index contributed by atoms with van der Waals surface area (Å²) in [4.78, 5) is 84.4. The molecule has 4 atom stereocenters. The van der Waals surface area contributed by atoms with Crippen LogP contribution >= 0.6 is 0 Å². The van der Waals surface area contributed by atoms with Crippen LogP contribution in [0.4, 0.5) is 0 Å². The van der Waals surface area contributed by atoms with Crippen LogP contribution in [0.2, 0.25) is 0 Å². The molecular weight excluding hydrogens is 576 g/mol. The quantitative estimate of drug-likeness (QED) is 0.412. The van der Waals surface area contributed by atoms with Gasteiger partial charge in [-0.2, -0.15) is 0 Å². The number of carbonyl (C=O) groups excluding carboxylic acids is 6. The zero-order valence-corrected chi connectivity index (χ0v) is 26.8. The second kappa shape index (κ2) is 15.9. The summed E-state index contributed by atoms with van der Waals surface area (Å²) in [5.74, 6) is -2.10. The van der Waals surface area contributed by atoms with Crippen molar-refractivity contribution < 1.29 is 28.8 Å². The van der Waals surface area contributed by atoms with Gasteiger partial charge in [0.2, 0.25) is 35.4 Å². The van der Waals surface area contributed by atoms with Gasteiger partial charge in [-0.05, 0) is 56.9 Å². The van der Waals surface area contributed by atoms with Crippen LogP contribution in [0, 0.1) is 5.92 Å². The Kier molecular flexibility index (Phi) is 12.0. The molecule has 0 saturated carbocycles. The summed E-state index contributed by atoms with van der Waals surface area (Å²) in [5.41, 5.74) is 0.937. The van der Waals surface area contributed by atoms with E-state index in [1.807, 2.05) is 44.2 Å². The number of fused-ring (bicyclic) bond motifs is 1. The smallest absolute Gasteiger partial charge is 0.245 e. The zero-order chi connectivity index (χ0) is 32.5. The molecule has 3 saturated heterocycles. The average Bonchev–Trinajstić information content (AvgIpc) is 3.50. The highest BCUT2D eigenvalue weighted by atomic mass is 16.2. The number of benzene rings is 1. The van der Waals surface area contributed by atoms with E-state index in [0.29, 0.717) is 51.7 Å². The molecule has 0 aromatic heterocycles. The minimum Gasteiger partial charge on any atom is -0.349 e. The van der Waals surface area contributed by atoms with Gasteiger partial charge in [0, 0.05) is 39.0 Å². The number of nitrogens with one attached hydrogen (secondary N) is 3. The number of amides is 6. The van der Waals surface area contributed by atoms with Crippen molar-refractivity contribution in [3.63, 3.8) is 0 Å². The molecule has 1 aromatic rings. The van der Waals surface area contributed by atoms with Crippen molar-refractivity contribution in [3.8, 4) is 0 Å². The lowest BCUT2D eigenvalue weighted by Gasteiger charge is -2.31. The molecule has 0 aliphatic carbocycles. The van der Waals surface area contributed by atoms with Gasteiger partial charge in [-0.15, -0.1) is 0 Å². The first-order valence-electron chi connectivity index (χ1n) is 16.3. The summed E-state index contributed by atoms with van der Waals surface area (Å²) in [5, 5.41) is 8.68. The molecule has 3 aliphatic heterocycles. The topological polar surface area (TPSA) is 148 Å². The van der Waals surface area contributed by atoms with Crippen LogP contribution in [-0.4, -0.2) is 107 Å². The fraction of sp³-hybridized carbons (Fsp3) is 0.636. The van der Waals surface area contributed by atoms with Gasteiger partial charge in [-0.3, -0.25) is 28.8 Å². The van der Waals surface area contributed by atoms with Crippen LogP contribution in [0.25, 0.3) is 0 Å². The maximum atomic E-state index is 13.7. The van der Waals surface area contributed by atoms with Gasteiger partial charge in [0.05, 0.1) is 12.6 Å². The number of carbonyl (C=O) groups is 6. The largest absolute Gasteiger partial charge is 0.349 e. The molecule has 3 aliphatic rings. The Hall–Kier alpha value is -3.96. The van der Waals surface area contributed by atoms with Gasteiger partial charge in [0.25, 0.3) is 0 Å². The van der Waals surface area contributed by atoms with Crippen LogP contribution in [0.1, 0.15) is 71.3 Å². The SMILES string of the molecule is CC(C)[C@@H]1NC(=O)[C@H]2CCCN2C(=O)[C@H](C)NC(=O)CN(C(=O)CCCN2CCCCC2=O)C[C@H](Cc2ccccc2)NC1=O. The summed E-state index contributed by atoms with van der Waals surface area (Å²) in [6.45, 7) is 6.53. The number of hydrogen-bond acceptors (Lipinski definition) is 6. The third-order valence-electron chi connectivity index (χ3n) is 8.87. The Morgan fingerprint density at radius 3 is 2.40 bits per heavy atom. The van der Waals surface area contributed by atoms with E-state index in [1.54, 1.807) is 11.8 Å². The minimum absolute atomic E-state index is 0.0470. The molecule has 0 radical (unpaired) electrons. The molecule has 3 fully saturated rings. The molecule has 45 heavy (non-hydrogen) atoms. The first-order chi connectivity index (χ1) is 21.5. The maximum absolute atomic E-state index is 13.7. The first kappa shape index (κ1) is 33.9. The normalized spacial score (nSPS) is 25.7. The average molecular weight is 625 g/mol. The van der Waals surface area contributed by atoms with E-state index < -0.39 is 36.0 Å². The molecular formula is C33H48N6O6. The number of rotatable bonds is 7. The number of nitrogens with zero attached hydrogens (tertiary/aromatic N) is 3. The van der Waals surface area contributed by atoms with Crippen molar-refractivity contribution in [2.24, 2.45) is 5.92 Å². The summed E-state index contributed by atoms with van der Waals surface area (Å²) < 4.78 is 0. The molecule has 3 N–H and O–H groups in total. The van der Waals surface area contributed by atoms with Crippen LogP contribution < -0.4 is 16.0 Å². The predicted octanol–water partition coefficient (Wildman–Crippen LogP) is 0.985. The highest BCUT2D eigenvalue weighted by Crippen LogP contribution is 2.20. The Morgan fingerprint density at radius 1 is 0.933 bits per heavy atom. The highest BCUT2D eigenvalue weighted by molar-refractivity contribution is 5.95. The van der Waals surface area contributed by atoms with Crippen molar-refractivity contribution in [1.29, 1.82) is 0 Å². The fourth-order valence-electron chi connectivity index (χ4n) is 6.41. The summed E-state index contributed by atoms with van der Waals surface area (Å²) in [6, 6.07) is 6.48. The standard InChI is InChI=1S/C33H48N6O6/c1-22(2)30-32(44)35-25(19-24-11-5-4-6-12-24)20-38(29(42)15-10-17-37-16-8-7-14-28(37)41)21-27(40)34-23(3)33(45)39-18-9-13-26(39)31(43)36-30/h4-6,11-12,22-23,25-26,30H,7-10,13-21H2,1-3H3,(H,34,40)(H,35,44)(H,36,43)/t23-,25-,26+,30-/m0/s1. The van der Waals surface area contributed by atoms with Gasteiger partial charge in [-0.1, -0.05) is 44.2 Å². The van der Waals surface area contributed by atoms with E-state index in [4.69, 9.17) is 0 Å². The van der Waals surface area contributed by atoms with Crippen molar-refractivity contribution in [2.45, 2.75) is 96.3 Å². The number of hydrogen-bond donors (Lipinski definition) is 3. The van der Waals surface area contributed by atoms with Gasteiger partial charge < -0.3 is 30.7 Å². The second-order valence-corrected chi connectivity index (χ2v) is 12.8. The summed E-state index contributed by atoms with van der Waals surface area (Å²) in [7, 11) is 0. The van der Waals surface area contributed by atoms with Crippen LogP contribution in [0.15, 0.2) is 30.3 Å². The van der Waals surface area contributed by atoms with E-state index in [2.05, 4.69) is 16.0 Å². The molecule has 4 rings (SSSR count). The van der Waals surface area contributed by atoms with Crippen molar-refractivity contribution >= 4 is 35.4 Å². The molecule has 12 heteroatoms. The Morgan fingerprint density at radius 2 is 1.69 bits per heavy atom. The molecule has 6 amide bonds. The molecule has 246 valence electrons.